The summed E-state index contributed by atoms with van der Waals surface area (Å²) in [6.45, 7) is 0.726. The molecular weight excluding hydrogens is 378 g/mol. The molecule has 1 amide bonds. The predicted molar refractivity (Wildman–Crippen MR) is 113 cm³/mol. The van der Waals surface area contributed by atoms with E-state index in [1.54, 1.807) is 0 Å². The first kappa shape index (κ1) is 19.2. The molecule has 1 spiro atoms. The Bertz CT molecular complexity index is 933. The van der Waals surface area contributed by atoms with Crippen LogP contribution < -0.4 is 0 Å². The first-order chi connectivity index (χ1) is 14.6. The lowest BCUT2D eigenvalue weighted by Gasteiger charge is -2.32. The summed E-state index contributed by atoms with van der Waals surface area (Å²) in [5, 5.41) is 9.74. The molecule has 5 rings (SSSR count). The molecular formula is C25H27NO4. The van der Waals surface area contributed by atoms with E-state index in [-0.39, 0.29) is 17.9 Å². The average Bonchev–Trinajstić information content (AvgIpc) is 3.29. The third-order valence-electron chi connectivity index (χ3n) is 7.28. The van der Waals surface area contributed by atoms with Crippen LogP contribution in [-0.2, 0) is 9.53 Å². The van der Waals surface area contributed by atoms with Gasteiger partial charge in [-0.15, -0.1) is 0 Å². The van der Waals surface area contributed by atoms with Crippen molar-refractivity contribution in [3.05, 3.63) is 59.7 Å². The molecule has 1 atom stereocenters. The lowest BCUT2D eigenvalue weighted by atomic mass is 9.73. The monoisotopic (exact) mass is 405 g/mol. The van der Waals surface area contributed by atoms with Crippen molar-refractivity contribution in [3.63, 3.8) is 0 Å². The van der Waals surface area contributed by atoms with Gasteiger partial charge in [-0.3, -0.25) is 4.90 Å². The summed E-state index contributed by atoms with van der Waals surface area (Å²) < 4.78 is 5.76. The number of rotatable bonds is 3. The number of likely N-dealkylation sites (tertiary alicyclic amines) is 1. The number of aliphatic carboxylic acids is 1. The molecule has 1 aliphatic heterocycles. The molecule has 2 aromatic carbocycles. The summed E-state index contributed by atoms with van der Waals surface area (Å²) in [6, 6.07) is 15.7. The van der Waals surface area contributed by atoms with Gasteiger partial charge in [0.1, 0.15) is 12.6 Å². The highest BCUT2D eigenvalue weighted by molar-refractivity contribution is 5.82. The zero-order valence-corrected chi connectivity index (χ0v) is 17.0. The second kappa shape index (κ2) is 7.46. The minimum Gasteiger partial charge on any atom is -0.480 e. The minimum absolute atomic E-state index is 0.0177. The number of nitrogens with zero attached hydrogens (tertiary/aromatic N) is 1. The average molecular weight is 405 g/mol. The largest absolute Gasteiger partial charge is 0.480 e. The fourth-order valence-electron chi connectivity index (χ4n) is 5.81. The van der Waals surface area contributed by atoms with Crippen molar-refractivity contribution in [2.45, 2.75) is 50.5 Å². The van der Waals surface area contributed by atoms with E-state index in [1.807, 2.05) is 24.3 Å². The number of carbonyl (C=O) groups excluding carboxylic acids is 1. The van der Waals surface area contributed by atoms with Crippen molar-refractivity contribution < 1.29 is 19.4 Å². The Labute approximate surface area is 176 Å². The van der Waals surface area contributed by atoms with Gasteiger partial charge in [0.05, 0.1) is 0 Å². The molecule has 0 aromatic heterocycles. The van der Waals surface area contributed by atoms with E-state index in [1.165, 1.54) is 22.4 Å². The molecule has 2 fully saturated rings. The highest BCUT2D eigenvalue weighted by Gasteiger charge is 2.49. The van der Waals surface area contributed by atoms with Crippen LogP contribution in [0.2, 0.25) is 0 Å². The Balaban J connectivity index is 1.34. The summed E-state index contributed by atoms with van der Waals surface area (Å²) in [6.07, 6.45) is 5.49. The number of amides is 1. The van der Waals surface area contributed by atoms with Gasteiger partial charge in [-0.2, -0.15) is 0 Å². The number of carbonyl (C=O) groups is 2. The molecule has 1 saturated heterocycles. The van der Waals surface area contributed by atoms with E-state index in [9.17, 15) is 14.7 Å². The fourth-order valence-corrected chi connectivity index (χ4v) is 5.81. The third-order valence-corrected chi connectivity index (χ3v) is 7.28. The maximum Gasteiger partial charge on any atom is 0.410 e. The van der Waals surface area contributed by atoms with Crippen LogP contribution in [0.3, 0.4) is 0 Å². The molecule has 0 bridgehead atoms. The second-order valence-electron chi connectivity index (χ2n) is 9.05. The number of carboxylic acids is 1. The lowest BCUT2D eigenvalue weighted by molar-refractivity contribution is -0.141. The van der Waals surface area contributed by atoms with Crippen LogP contribution in [0, 0.1) is 5.41 Å². The molecule has 5 heteroatoms. The first-order valence-electron chi connectivity index (χ1n) is 10.9. The van der Waals surface area contributed by atoms with Crippen molar-refractivity contribution in [2.75, 3.05) is 13.2 Å². The van der Waals surface area contributed by atoms with Crippen LogP contribution in [0.15, 0.2) is 48.5 Å². The van der Waals surface area contributed by atoms with E-state index in [0.717, 1.165) is 36.8 Å². The van der Waals surface area contributed by atoms with E-state index in [4.69, 9.17) is 4.74 Å². The Kier molecular flexibility index (Phi) is 4.76. The highest BCUT2D eigenvalue weighted by atomic mass is 16.6. The molecule has 1 heterocycles. The van der Waals surface area contributed by atoms with Crippen LogP contribution in [0.1, 0.15) is 55.6 Å². The van der Waals surface area contributed by atoms with Crippen molar-refractivity contribution in [1.82, 2.24) is 4.90 Å². The maximum atomic E-state index is 13.0. The van der Waals surface area contributed by atoms with Crippen molar-refractivity contribution in [1.29, 1.82) is 0 Å². The highest BCUT2D eigenvalue weighted by Crippen LogP contribution is 2.47. The third kappa shape index (κ3) is 3.17. The van der Waals surface area contributed by atoms with Gasteiger partial charge in [0.2, 0.25) is 0 Å². The molecule has 0 radical (unpaired) electrons. The van der Waals surface area contributed by atoms with Crippen LogP contribution in [-0.4, -0.2) is 41.3 Å². The number of hydrogen-bond acceptors (Lipinski definition) is 3. The van der Waals surface area contributed by atoms with Gasteiger partial charge in [-0.25, -0.2) is 9.59 Å². The normalized spacial score (nSPS) is 22.0. The van der Waals surface area contributed by atoms with Gasteiger partial charge >= 0.3 is 12.1 Å². The fraction of sp³-hybridized carbons (Fsp3) is 0.440. The lowest BCUT2D eigenvalue weighted by Crippen LogP contribution is -2.41. The number of fused-ring (bicyclic) bond motifs is 3. The number of ether oxygens (including phenoxy) is 1. The van der Waals surface area contributed by atoms with Crippen LogP contribution >= 0.6 is 0 Å². The van der Waals surface area contributed by atoms with Gasteiger partial charge in [-0.1, -0.05) is 67.8 Å². The number of carboxylic acid groups (broad SMARTS) is 1. The Morgan fingerprint density at radius 2 is 1.57 bits per heavy atom. The Hall–Kier alpha value is -2.82. The molecule has 30 heavy (non-hydrogen) atoms. The molecule has 2 aliphatic carbocycles. The van der Waals surface area contributed by atoms with Crippen molar-refractivity contribution >= 4 is 12.1 Å². The van der Waals surface area contributed by atoms with Gasteiger partial charge in [0.15, 0.2) is 0 Å². The molecule has 5 nitrogen and oxygen atoms in total. The van der Waals surface area contributed by atoms with E-state index in [0.29, 0.717) is 13.0 Å². The summed E-state index contributed by atoms with van der Waals surface area (Å²) in [5.41, 5.74) is 4.63. The van der Waals surface area contributed by atoms with Crippen LogP contribution in [0.4, 0.5) is 4.79 Å². The molecule has 1 saturated carbocycles. The van der Waals surface area contributed by atoms with E-state index in [2.05, 4.69) is 24.3 Å². The molecule has 156 valence electrons. The predicted octanol–water partition coefficient (Wildman–Crippen LogP) is 5.04. The van der Waals surface area contributed by atoms with Crippen molar-refractivity contribution in [2.24, 2.45) is 5.41 Å². The smallest absolute Gasteiger partial charge is 0.410 e. The van der Waals surface area contributed by atoms with Crippen LogP contribution in [0.5, 0.6) is 0 Å². The topological polar surface area (TPSA) is 66.8 Å². The second-order valence-corrected chi connectivity index (χ2v) is 9.05. The van der Waals surface area contributed by atoms with Crippen molar-refractivity contribution in [3.8, 4) is 11.1 Å². The first-order valence-corrected chi connectivity index (χ1v) is 10.9. The molecule has 2 aromatic rings. The SMILES string of the molecule is O=C(O)[C@@H]1CC2(CCCCC2)CN1C(=O)OCC1c2ccccc2-c2ccccc21. The van der Waals surface area contributed by atoms with Gasteiger partial charge in [0.25, 0.3) is 0 Å². The zero-order valence-electron chi connectivity index (χ0n) is 17.0. The maximum absolute atomic E-state index is 13.0. The van der Waals surface area contributed by atoms with Gasteiger partial charge in [-0.05, 0) is 46.9 Å². The minimum atomic E-state index is -0.925. The molecule has 1 N–H and O–H groups in total. The summed E-state index contributed by atoms with van der Waals surface area (Å²) >= 11 is 0. The van der Waals surface area contributed by atoms with E-state index >= 15 is 0 Å². The standard InChI is InChI=1S/C25H27NO4/c27-23(28)22-14-25(12-6-1-7-13-25)16-26(22)24(29)30-15-21-19-10-4-2-8-17(19)18-9-3-5-11-20(18)21/h2-5,8-11,21-22H,1,6-7,12-16H2,(H,27,28)/t22-/m0/s1. The van der Waals surface area contributed by atoms with Gasteiger partial charge < -0.3 is 9.84 Å². The molecule has 0 unspecified atom stereocenters. The quantitative estimate of drug-likeness (QED) is 0.776. The number of benzene rings is 2. The van der Waals surface area contributed by atoms with Gasteiger partial charge in [0, 0.05) is 12.5 Å². The molecule has 3 aliphatic rings. The van der Waals surface area contributed by atoms with E-state index < -0.39 is 18.1 Å². The zero-order chi connectivity index (χ0) is 20.7. The summed E-state index contributed by atoms with van der Waals surface area (Å²) in [4.78, 5) is 26.4. The summed E-state index contributed by atoms with van der Waals surface area (Å²) in [7, 11) is 0. The Morgan fingerprint density at radius 1 is 0.967 bits per heavy atom. The Morgan fingerprint density at radius 3 is 2.17 bits per heavy atom. The van der Waals surface area contributed by atoms with Crippen LogP contribution in [0.25, 0.3) is 11.1 Å². The number of hydrogen-bond donors (Lipinski definition) is 1. The summed E-state index contributed by atoms with van der Waals surface area (Å²) in [5.74, 6) is -0.943.